The van der Waals surface area contributed by atoms with Crippen LogP contribution in [-0.2, 0) is 10.3 Å². The number of aliphatic imine (C=N–C) groups is 1. The Morgan fingerprint density at radius 2 is 1.48 bits per heavy atom. The highest BCUT2D eigenvalue weighted by molar-refractivity contribution is 6.09. The highest BCUT2D eigenvalue weighted by Gasteiger charge is 2.49. The van der Waals surface area contributed by atoms with Crippen molar-refractivity contribution in [3.8, 4) is 11.1 Å². The Bertz CT molecular complexity index is 1090. The number of likely N-dealkylation sites (N-methyl/N-ethyl adjacent to an activating group) is 1. The molecule has 4 heteroatoms. The lowest BCUT2D eigenvalue weighted by atomic mass is 9.81. The first-order valence-corrected chi connectivity index (χ1v) is 9.83. The maximum Gasteiger partial charge on any atom is 0.266 e. The van der Waals surface area contributed by atoms with E-state index < -0.39 is 5.54 Å². The Kier molecular flexibility index (Phi) is 4.71. The first-order chi connectivity index (χ1) is 13.9. The molecule has 4 nitrogen and oxygen atoms in total. The van der Waals surface area contributed by atoms with Crippen LogP contribution in [0.4, 0.5) is 0 Å². The molecule has 1 atom stereocenters. The third-order valence-corrected chi connectivity index (χ3v) is 5.60. The molecule has 146 valence electrons. The number of amides is 1. The van der Waals surface area contributed by atoms with Gasteiger partial charge in [0.1, 0.15) is 0 Å². The lowest BCUT2D eigenvalue weighted by Gasteiger charge is -2.26. The van der Waals surface area contributed by atoms with Crippen LogP contribution in [0.5, 0.6) is 0 Å². The van der Waals surface area contributed by atoms with Gasteiger partial charge in [0.2, 0.25) is 0 Å². The summed E-state index contributed by atoms with van der Waals surface area (Å²) in [6.45, 7) is 4.37. The van der Waals surface area contributed by atoms with E-state index in [2.05, 4.69) is 55.2 Å². The molecule has 1 unspecified atom stereocenters. The van der Waals surface area contributed by atoms with E-state index in [4.69, 9.17) is 5.73 Å². The van der Waals surface area contributed by atoms with E-state index in [0.29, 0.717) is 5.92 Å². The molecular weight excluding hydrogens is 358 g/mol. The molecule has 0 bridgehead atoms. The van der Waals surface area contributed by atoms with Crippen molar-refractivity contribution in [1.82, 2.24) is 4.90 Å². The van der Waals surface area contributed by atoms with E-state index in [1.54, 1.807) is 7.05 Å². The number of hydrogen-bond acceptors (Lipinski definition) is 3. The molecule has 1 heterocycles. The third-order valence-electron chi connectivity index (χ3n) is 5.60. The molecule has 0 aliphatic carbocycles. The molecule has 0 radical (unpaired) electrons. The van der Waals surface area contributed by atoms with Gasteiger partial charge in [-0.15, -0.1) is 0 Å². The van der Waals surface area contributed by atoms with Crippen LogP contribution in [0.3, 0.4) is 0 Å². The van der Waals surface area contributed by atoms with Crippen LogP contribution in [-0.4, -0.2) is 23.8 Å². The fraction of sp³-hybridized carbons (Fsp3) is 0.200. The van der Waals surface area contributed by atoms with Gasteiger partial charge in [-0.3, -0.25) is 9.69 Å². The second kappa shape index (κ2) is 7.21. The SMILES string of the molecule is CC(C)c1cccc(-c2cccc(C3(c4ccccc4)N=C(N)N(C)C3=O)c2)c1. The molecule has 29 heavy (non-hydrogen) atoms. The molecule has 0 aromatic heterocycles. The van der Waals surface area contributed by atoms with Crippen molar-refractivity contribution >= 4 is 11.9 Å². The van der Waals surface area contributed by atoms with E-state index in [-0.39, 0.29) is 11.9 Å². The van der Waals surface area contributed by atoms with E-state index in [0.717, 1.165) is 22.3 Å². The van der Waals surface area contributed by atoms with Crippen LogP contribution in [0.15, 0.2) is 83.9 Å². The number of guanidine groups is 1. The minimum atomic E-state index is -1.16. The fourth-order valence-electron chi connectivity index (χ4n) is 3.86. The first-order valence-electron chi connectivity index (χ1n) is 9.83. The maximum absolute atomic E-state index is 13.4. The summed E-state index contributed by atoms with van der Waals surface area (Å²) in [5, 5.41) is 0. The molecule has 1 aliphatic heterocycles. The molecule has 1 aliphatic rings. The van der Waals surface area contributed by atoms with Crippen molar-refractivity contribution in [2.75, 3.05) is 7.05 Å². The van der Waals surface area contributed by atoms with Crippen molar-refractivity contribution in [2.24, 2.45) is 10.7 Å². The quantitative estimate of drug-likeness (QED) is 0.721. The molecule has 1 amide bonds. The maximum atomic E-state index is 13.4. The number of nitrogens with two attached hydrogens (primary N) is 1. The smallest absolute Gasteiger partial charge is 0.266 e. The third kappa shape index (κ3) is 3.11. The zero-order chi connectivity index (χ0) is 20.6. The summed E-state index contributed by atoms with van der Waals surface area (Å²) in [6.07, 6.45) is 0. The molecule has 4 rings (SSSR count). The van der Waals surface area contributed by atoms with Crippen LogP contribution < -0.4 is 5.73 Å². The predicted molar refractivity (Wildman–Crippen MR) is 118 cm³/mol. The molecule has 0 spiro atoms. The summed E-state index contributed by atoms with van der Waals surface area (Å²) in [5.41, 5.74) is 10.00. The van der Waals surface area contributed by atoms with E-state index in [1.807, 2.05) is 42.5 Å². The second-order valence-electron chi connectivity index (χ2n) is 7.77. The Balaban J connectivity index is 1.90. The van der Waals surface area contributed by atoms with Gasteiger partial charge in [-0.2, -0.15) is 0 Å². The number of carbonyl (C=O) groups excluding carboxylic acids is 1. The van der Waals surface area contributed by atoms with Crippen LogP contribution in [0.25, 0.3) is 11.1 Å². The zero-order valence-corrected chi connectivity index (χ0v) is 17.0. The summed E-state index contributed by atoms with van der Waals surface area (Å²) in [5.74, 6) is 0.531. The second-order valence-corrected chi connectivity index (χ2v) is 7.77. The van der Waals surface area contributed by atoms with Crippen LogP contribution in [0.2, 0.25) is 0 Å². The number of nitrogens with zero attached hydrogens (tertiary/aromatic N) is 2. The summed E-state index contributed by atoms with van der Waals surface area (Å²) in [4.78, 5) is 19.5. The average molecular weight is 383 g/mol. The summed E-state index contributed by atoms with van der Waals surface area (Å²) < 4.78 is 0. The van der Waals surface area contributed by atoms with Gasteiger partial charge in [0.15, 0.2) is 11.5 Å². The van der Waals surface area contributed by atoms with Gasteiger partial charge < -0.3 is 5.73 Å². The summed E-state index contributed by atoms with van der Waals surface area (Å²) in [7, 11) is 1.67. The lowest BCUT2D eigenvalue weighted by molar-refractivity contribution is -0.129. The first kappa shape index (κ1) is 18.9. The van der Waals surface area contributed by atoms with Gasteiger partial charge >= 0.3 is 0 Å². The van der Waals surface area contributed by atoms with E-state index in [1.165, 1.54) is 10.5 Å². The molecular formula is C25H25N3O. The zero-order valence-electron chi connectivity index (χ0n) is 17.0. The molecule has 0 saturated carbocycles. The van der Waals surface area contributed by atoms with Gasteiger partial charge in [0.25, 0.3) is 5.91 Å². The topological polar surface area (TPSA) is 58.7 Å². The van der Waals surface area contributed by atoms with Crippen molar-refractivity contribution < 1.29 is 4.79 Å². The number of rotatable bonds is 4. The molecule has 2 N–H and O–H groups in total. The fourth-order valence-corrected chi connectivity index (χ4v) is 3.86. The van der Waals surface area contributed by atoms with Gasteiger partial charge in [0.05, 0.1) is 0 Å². The Morgan fingerprint density at radius 3 is 2.10 bits per heavy atom. The lowest BCUT2D eigenvalue weighted by Crippen LogP contribution is -2.41. The molecule has 0 fully saturated rings. The van der Waals surface area contributed by atoms with Gasteiger partial charge in [0, 0.05) is 7.05 Å². The van der Waals surface area contributed by atoms with Crippen molar-refractivity contribution in [1.29, 1.82) is 0 Å². The van der Waals surface area contributed by atoms with Crippen LogP contribution >= 0.6 is 0 Å². The average Bonchev–Trinajstić information content (AvgIpc) is 2.99. The normalized spacial score (nSPS) is 19.0. The largest absolute Gasteiger partial charge is 0.369 e. The minimum absolute atomic E-state index is 0.144. The van der Waals surface area contributed by atoms with Crippen molar-refractivity contribution in [3.05, 3.63) is 95.6 Å². The van der Waals surface area contributed by atoms with Crippen molar-refractivity contribution in [2.45, 2.75) is 25.3 Å². The summed E-state index contributed by atoms with van der Waals surface area (Å²) in [6, 6.07) is 26.2. The minimum Gasteiger partial charge on any atom is -0.369 e. The van der Waals surface area contributed by atoms with Crippen molar-refractivity contribution in [3.63, 3.8) is 0 Å². The number of benzene rings is 3. The predicted octanol–water partition coefficient (Wildman–Crippen LogP) is 4.51. The monoisotopic (exact) mass is 383 g/mol. The molecule has 3 aromatic carbocycles. The Hall–Kier alpha value is -3.40. The molecule has 0 saturated heterocycles. The number of hydrogen-bond donors (Lipinski definition) is 1. The van der Waals surface area contributed by atoms with Gasteiger partial charge in [-0.25, -0.2) is 4.99 Å². The number of carbonyl (C=O) groups is 1. The highest BCUT2D eigenvalue weighted by atomic mass is 16.2. The molecule has 3 aromatic rings. The Labute approximate surface area is 171 Å². The van der Waals surface area contributed by atoms with Gasteiger partial charge in [-0.05, 0) is 39.8 Å². The van der Waals surface area contributed by atoms with Crippen LogP contribution in [0.1, 0.15) is 36.5 Å². The summed E-state index contributed by atoms with van der Waals surface area (Å²) >= 11 is 0. The van der Waals surface area contributed by atoms with E-state index in [9.17, 15) is 4.79 Å². The standard InChI is InChI=1S/C25H25N3O/c1-17(2)18-9-7-10-19(15-18)20-11-8-14-22(16-20)25(21-12-5-4-6-13-21)23(29)28(3)24(26)27-25/h4-17H,1-3H3,(H2,26,27). The highest BCUT2D eigenvalue weighted by Crippen LogP contribution is 2.40. The van der Waals surface area contributed by atoms with E-state index >= 15 is 0 Å². The Morgan fingerprint density at radius 1 is 0.862 bits per heavy atom. The van der Waals surface area contributed by atoms with Crippen LogP contribution in [0, 0.1) is 0 Å². The van der Waals surface area contributed by atoms with Gasteiger partial charge in [-0.1, -0.05) is 86.6 Å².